The van der Waals surface area contributed by atoms with E-state index in [2.05, 4.69) is 0 Å². The molecule has 0 aromatic rings. The largest absolute Gasteiger partial charge is 1.00 e. The molecule has 4 bridgehead atoms. The number of hydrogen-bond acceptors (Lipinski definition) is 5. The molecule has 0 aromatic heterocycles. The van der Waals surface area contributed by atoms with Gasteiger partial charge in [-0.15, -0.1) is 0 Å². The number of aliphatic hydroxyl groups is 1. The Kier molecular flexibility index (Phi) is 6.37. The van der Waals surface area contributed by atoms with Gasteiger partial charge in [0.25, 0.3) is 0 Å². The average Bonchev–Trinajstić information content (AvgIpc) is 2.41. The summed E-state index contributed by atoms with van der Waals surface area (Å²) in [4.78, 5) is 11.5. The van der Waals surface area contributed by atoms with E-state index in [9.17, 15) is 35.9 Å². The maximum absolute atomic E-state index is 14.2. The van der Waals surface area contributed by atoms with E-state index < -0.39 is 50.8 Å². The first-order valence-electron chi connectivity index (χ1n) is 8.71. The van der Waals surface area contributed by atoms with Crippen LogP contribution in [0.5, 0.6) is 0 Å². The van der Waals surface area contributed by atoms with Crippen molar-refractivity contribution in [2.45, 2.75) is 74.8 Å². The molecule has 28 heavy (non-hydrogen) atoms. The van der Waals surface area contributed by atoms with Crippen molar-refractivity contribution in [1.82, 2.24) is 0 Å². The summed E-state index contributed by atoms with van der Waals surface area (Å²) in [6, 6.07) is 0. The van der Waals surface area contributed by atoms with Crippen LogP contribution in [-0.4, -0.2) is 46.9 Å². The fourth-order valence-corrected chi connectivity index (χ4v) is 6.25. The molecular weight excluding hydrogens is 419 g/mol. The Labute approximate surface area is 183 Å². The second kappa shape index (κ2) is 7.33. The van der Waals surface area contributed by atoms with Crippen LogP contribution in [0.2, 0.25) is 0 Å². The third-order valence-electron chi connectivity index (χ3n) is 6.26. The number of rotatable bonds is 6. The summed E-state index contributed by atoms with van der Waals surface area (Å²) in [7, 11) is -6.38. The molecule has 6 nitrogen and oxygen atoms in total. The molecule has 0 aromatic carbocycles. The van der Waals surface area contributed by atoms with Gasteiger partial charge in [0.1, 0.15) is 6.10 Å². The first-order valence-corrected chi connectivity index (χ1v) is 10.2. The number of halogens is 4. The van der Waals surface area contributed by atoms with Crippen LogP contribution in [0.25, 0.3) is 0 Å². The zero-order valence-electron chi connectivity index (χ0n) is 16.6. The molecule has 4 rings (SSSR count). The van der Waals surface area contributed by atoms with E-state index in [0.717, 1.165) is 13.3 Å². The molecule has 12 heteroatoms. The summed E-state index contributed by atoms with van der Waals surface area (Å²) in [5.74, 6) is -6.11. The van der Waals surface area contributed by atoms with Gasteiger partial charge < -0.3 is 11.3 Å². The monoisotopic (exact) mass is 442 g/mol. The predicted octanol–water partition coefficient (Wildman–Crippen LogP) is -0.128. The van der Waals surface area contributed by atoms with E-state index in [4.69, 9.17) is 9.29 Å². The third-order valence-corrected chi connectivity index (χ3v) is 7.20. The van der Waals surface area contributed by atoms with E-state index in [-0.39, 0.29) is 49.2 Å². The van der Waals surface area contributed by atoms with Gasteiger partial charge in [0, 0.05) is 12.3 Å². The zero-order valence-corrected chi connectivity index (χ0v) is 18.4. The summed E-state index contributed by atoms with van der Waals surface area (Å²) in [6.07, 6.45) is -1.02. The van der Waals surface area contributed by atoms with Crippen LogP contribution in [0.15, 0.2) is 0 Å². The van der Waals surface area contributed by atoms with E-state index in [1.54, 1.807) is 0 Å². The van der Waals surface area contributed by atoms with Crippen LogP contribution in [0.4, 0.5) is 17.6 Å². The minimum absolute atomic E-state index is 0. The van der Waals surface area contributed by atoms with Crippen LogP contribution < -0.4 is 29.6 Å². The predicted molar refractivity (Wildman–Crippen MR) is 84.8 cm³/mol. The van der Waals surface area contributed by atoms with Crippen LogP contribution >= 0.6 is 0 Å². The van der Waals surface area contributed by atoms with E-state index >= 15 is 0 Å². The average molecular weight is 442 g/mol. The smallest absolute Gasteiger partial charge is 1.00 e. The SMILES string of the molecule is CC(=O)OC(CC(F)(F)C(F)(F)S(=O)(=O)O)C12CC3CC(CC(O)(C3)C1)C2.[H-].[Na+]. The number of carbonyl (C=O) groups is 1. The molecule has 0 saturated heterocycles. The van der Waals surface area contributed by atoms with Crippen molar-refractivity contribution >= 4 is 16.1 Å². The van der Waals surface area contributed by atoms with Crippen LogP contribution in [0, 0.1) is 17.3 Å². The molecule has 2 N–H and O–H groups in total. The molecule has 4 aliphatic rings. The normalized spacial score (nSPS) is 36.0. The zero-order chi connectivity index (χ0) is 20.5. The fourth-order valence-electron chi connectivity index (χ4n) is 5.78. The van der Waals surface area contributed by atoms with Gasteiger partial charge in [0.2, 0.25) is 0 Å². The summed E-state index contributed by atoms with van der Waals surface area (Å²) in [5.41, 5.74) is -2.24. The first kappa shape index (κ1) is 24.3. The maximum atomic E-state index is 14.2. The Morgan fingerprint density at radius 2 is 1.71 bits per heavy atom. The van der Waals surface area contributed by atoms with E-state index in [1.165, 1.54) is 0 Å². The van der Waals surface area contributed by atoms with E-state index in [0.29, 0.717) is 25.7 Å². The molecular formula is C16H23F4NaO6S. The van der Waals surface area contributed by atoms with Gasteiger partial charge in [-0.2, -0.15) is 26.0 Å². The van der Waals surface area contributed by atoms with Gasteiger partial charge in [0.15, 0.2) is 0 Å². The summed E-state index contributed by atoms with van der Waals surface area (Å²) < 4.78 is 90.9. The molecule has 0 spiro atoms. The van der Waals surface area contributed by atoms with Crippen molar-refractivity contribution < 1.29 is 76.2 Å². The van der Waals surface area contributed by atoms with Gasteiger partial charge in [-0.25, -0.2) is 0 Å². The van der Waals surface area contributed by atoms with Crippen LogP contribution in [0.3, 0.4) is 0 Å². The second-order valence-electron chi connectivity index (χ2n) is 8.55. The summed E-state index contributed by atoms with van der Waals surface area (Å²) >= 11 is 0. The Hall–Kier alpha value is 0.0600. The van der Waals surface area contributed by atoms with Gasteiger partial charge >= 0.3 is 56.8 Å². The Balaban J connectivity index is 0.00000210. The quantitative estimate of drug-likeness (QED) is 0.257. The molecule has 4 saturated carbocycles. The molecule has 0 amide bonds. The van der Waals surface area contributed by atoms with Crippen molar-refractivity contribution in [2.24, 2.45) is 17.3 Å². The standard InChI is InChI=1S/C16H22F4O6S.Na.H/c1-9(21)26-12(7-15(17,18)16(19,20)27(23,24)25)13-3-10-2-11(4-13)6-14(22,5-10)8-13;;/h10-12,22H,2-8H2,1H3,(H,23,24,25);;/q;+1;-1. The Bertz CT molecular complexity index is 736. The topological polar surface area (TPSA) is 101 Å². The third kappa shape index (κ3) is 4.12. The molecule has 4 aliphatic carbocycles. The number of hydrogen-bond donors (Lipinski definition) is 2. The minimum atomic E-state index is -6.38. The van der Waals surface area contributed by atoms with Crippen molar-refractivity contribution in [2.75, 3.05) is 0 Å². The van der Waals surface area contributed by atoms with Crippen molar-refractivity contribution in [3.8, 4) is 0 Å². The number of ether oxygens (including phenoxy) is 1. The van der Waals surface area contributed by atoms with Crippen molar-refractivity contribution in [3.05, 3.63) is 0 Å². The maximum Gasteiger partial charge on any atom is 1.00 e. The number of esters is 1. The first-order chi connectivity index (χ1) is 12.1. The molecule has 0 heterocycles. The fraction of sp³-hybridized carbons (Fsp3) is 0.938. The molecule has 4 fully saturated rings. The minimum Gasteiger partial charge on any atom is -1.00 e. The summed E-state index contributed by atoms with van der Waals surface area (Å²) in [5, 5.41) is 5.00. The van der Waals surface area contributed by atoms with Gasteiger partial charge in [-0.1, -0.05) is 0 Å². The number of carbonyl (C=O) groups excluding carboxylic acids is 1. The molecule has 158 valence electrons. The second-order valence-corrected chi connectivity index (χ2v) is 10.0. The van der Waals surface area contributed by atoms with E-state index in [1.807, 2.05) is 0 Å². The van der Waals surface area contributed by atoms with Gasteiger partial charge in [-0.05, 0) is 50.4 Å². The van der Waals surface area contributed by atoms with Gasteiger partial charge in [0.05, 0.1) is 12.0 Å². The van der Waals surface area contributed by atoms with Crippen molar-refractivity contribution in [3.63, 3.8) is 0 Å². The Morgan fingerprint density at radius 3 is 2.11 bits per heavy atom. The van der Waals surface area contributed by atoms with Crippen LogP contribution in [0.1, 0.15) is 53.3 Å². The van der Waals surface area contributed by atoms with Crippen LogP contribution in [-0.2, 0) is 19.6 Å². The molecule has 3 unspecified atom stereocenters. The number of alkyl halides is 4. The summed E-state index contributed by atoms with van der Waals surface area (Å²) in [6.45, 7) is 0.946. The van der Waals surface area contributed by atoms with Crippen molar-refractivity contribution in [1.29, 1.82) is 0 Å². The molecule has 3 atom stereocenters. The molecule has 0 aliphatic heterocycles. The Morgan fingerprint density at radius 1 is 1.21 bits per heavy atom. The molecule has 0 radical (unpaired) electrons. The van der Waals surface area contributed by atoms with Gasteiger partial charge in [-0.3, -0.25) is 9.35 Å².